The highest BCUT2D eigenvalue weighted by molar-refractivity contribution is 7.90. The second-order valence-electron chi connectivity index (χ2n) is 4.63. The van der Waals surface area contributed by atoms with E-state index in [1.165, 1.54) is 6.92 Å². The van der Waals surface area contributed by atoms with E-state index in [1.807, 2.05) is 29.8 Å². The number of ether oxygens (including phenoxy) is 1. The Morgan fingerprint density at radius 3 is 2.89 bits per heavy atom. The van der Waals surface area contributed by atoms with Crippen LogP contribution in [0.5, 0.6) is 5.75 Å². The van der Waals surface area contributed by atoms with E-state index in [-0.39, 0.29) is 5.75 Å². The van der Waals surface area contributed by atoms with Gasteiger partial charge in [-0.1, -0.05) is 17.7 Å². The lowest BCUT2D eigenvalue weighted by Crippen LogP contribution is -2.43. The number of amides is 1. The standard InChI is InChI=1S/C13H17NO4S/c1-3-19(16,17)14-13(15)12-7-5-10-8-9(2)4-6-11(10)18-12/h4,6,8,12H,3,5,7H2,1-2H3,(H,14,15). The lowest BCUT2D eigenvalue weighted by Gasteiger charge is -2.25. The Morgan fingerprint density at radius 1 is 1.47 bits per heavy atom. The van der Waals surface area contributed by atoms with Crippen LogP contribution >= 0.6 is 0 Å². The number of fused-ring (bicyclic) bond motifs is 1. The van der Waals surface area contributed by atoms with Gasteiger partial charge in [0.2, 0.25) is 10.0 Å². The van der Waals surface area contributed by atoms with Crippen molar-refractivity contribution in [1.29, 1.82) is 0 Å². The molecule has 6 heteroatoms. The van der Waals surface area contributed by atoms with Gasteiger partial charge in [-0.3, -0.25) is 4.79 Å². The summed E-state index contributed by atoms with van der Waals surface area (Å²) >= 11 is 0. The van der Waals surface area contributed by atoms with Crippen LogP contribution < -0.4 is 9.46 Å². The average Bonchev–Trinajstić information content (AvgIpc) is 2.37. The van der Waals surface area contributed by atoms with Crippen molar-refractivity contribution in [2.45, 2.75) is 32.8 Å². The molecule has 1 aromatic carbocycles. The maximum Gasteiger partial charge on any atom is 0.274 e. The zero-order chi connectivity index (χ0) is 14.0. The topological polar surface area (TPSA) is 72.5 Å². The monoisotopic (exact) mass is 283 g/mol. The van der Waals surface area contributed by atoms with Crippen LogP contribution in [0, 0.1) is 6.92 Å². The summed E-state index contributed by atoms with van der Waals surface area (Å²) in [5.41, 5.74) is 2.20. The molecule has 0 spiro atoms. The van der Waals surface area contributed by atoms with Crippen LogP contribution in [0.1, 0.15) is 24.5 Å². The maximum absolute atomic E-state index is 11.8. The lowest BCUT2D eigenvalue weighted by molar-refractivity contribution is -0.126. The Morgan fingerprint density at radius 2 is 2.21 bits per heavy atom. The highest BCUT2D eigenvalue weighted by Crippen LogP contribution is 2.28. The van der Waals surface area contributed by atoms with Crippen LogP contribution in [0.25, 0.3) is 0 Å². The molecule has 104 valence electrons. The van der Waals surface area contributed by atoms with E-state index in [1.54, 1.807) is 0 Å². The molecule has 2 rings (SSSR count). The molecule has 0 aliphatic carbocycles. The van der Waals surface area contributed by atoms with Crippen molar-refractivity contribution < 1.29 is 17.9 Å². The molecule has 0 saturated carbocycles. The number of sulfonamides is 1. The zero-order valence-corrected chi connectivity index (χ0v) is 11.8. The molecule has 1 heterocycles. The Hall–Kier alpha value is -1.56. The quantitative estimate of drug-likeness (QED) is 0.903. The van der Waals surface area contributed by atoms with Gasteiger partial charge in [0.25, 0.3) is 5.91 Å². The van der Waals surface area contributed by atoms with Crippen molar-refractivity contribution in [2.24, 2.45) is 0 Å². The molecular weight excluding hydrogens is 266 g/mol. The first-order chi connectivity index (χ1) is 8.91. The van der Waals surface area contributed by atoms with Crippen molar-refractivity contribution in [3.05, 3.63) is 29.3 Å². The lowest BCUT2D eigenvalue weighted by atomic mass is 10.0. The Labute approximate surface area is 113 Å². The van der Waals surface area contributed by atoms with E-state index in [0.717, 1.165) is 11.1 Å². The Balaban J connectivity index is 2.10. The molecule has 5 nitrogen and oxygen atoms in total. The summed E-state index contributed by atoms with van der Waals surface area (Å²) in [6.45, 7) is 3.47. The molecule has 1 aliphatic rings. The van der Waals surface area contributed by atoms with Crippen molar-refractivity contribution in [1.82, 2.24) is 4.72 Å². The van der Waals surface area contributed by atoms with E-state index in [4.69, 9.17) is 4.74 Å². The molecule has 1 N–H and O–H groups in total. The first-order valence-electron chi connectivity index (χ1n) is 6.22. The van der Waals surface area contributed by atoms with Crippen molar-refractivity contribution in [3.63, 3.8) is 0 Å². The fraction of sp³-hybridized carbons (Fsp3) is 0.462. The second-order valence-corrected chi connectivity index (χ2v) is 6.64. The third kappa shape index (κ3) is 3.26. The molecular formula is C13H17NO4S. The third-order valence-corrected chi connectivity index (χ3v) is 4.36. The Bertz CT molecular complexity index is 595. The number of hydrogen-bond acceptors (Lipinski definition) is 4. The molecule has 0 aromatic heterocycles. The van der Waals surface area contributed by atoms with Gasteiger partial charge >= 0.3 is 0 Å². The molecule has 1 unspecified atom stereocenters. The first kappa shape index (κ1) is 13.9. The van der Waals surface area contributed by atoms with Crippen molar-refractivity contribution >= 4 is 15.9 Å². The summed E-state index contributed by atoms with van der Waals surface area (Å²) in [6.07, 6.45) is 0.458. The molecule has 1 amide bonds. The van der Waals surface area contributed by atoms with Gasteiger partial charge in [0.1, 0.15) is 5.75 Å². The Kier molecular flexibility index (Phi) is 3.80. The van der Waals surface area contributed by atoms with Gasteiger partial charge in [0.05, 0.1) is 5.75 Å². The molecule has 0 fully saturated rings. The summed E-state index contributed by atoms with van der Waals surface area (Å²) in [4.78, 5) is 11.8. The van der Waals surface area contributed by atoms with Gasteiger partial charge in [0.15, 0.2) is 6.10 Å². The van der Waals surface area contributed by atoms with Crippen LogP contribution in [0.2, 0.25) is 0 Å². The number of benzene rings is 1. The van der Waals surface area contributed by atoms with Gasteiger partial charge in [-0.15, -0.1) is 0 Å². The number of rotatable bonds is 3. The predicted octanol–water partition coefficient (Wildman–Crippen LogP) is 1.15. The van der Waals surface area contributed by atoms with Crippen molar-refractivity contribution in [3.8, 4) is 5.75 Å². The average molecular weight is 283 g/mol. The highest BCUT2D eigenvalue weighted by Gasteiger charge is 2.28. The van der Waals surface area contributed by atoms with Crippen LogP contribution in [0.4, 0.5) is 0 Å². The zero-order valence-electron chi connectivity index (χ0n) is 11.0. The van der Waals surface area contributed by atoms with Gasteiger partial charge < -0.3 is 4.74 Å². The molecule has 0 bridgehead atoms. The van der Waals surface area contributed by atoms with Crippen LogP contribution in [0.15, 0.2) is 18.2 Å². The fourth-order valence-electron chi connectivity index (χ4n) is 1.99. The van der Waals surface area contributed by atoms with Crippen LogP contribution in [-0.2, 0) is 21.2 Å². The summed E-state index contributed by atoms with van der Waals surface area (Å²) in [7, 11) is -3.53. The van der Waals surface area contributed by atoms with Crippen molar-refractivity contribution in [2.75, 3.05) is 5.75 Å². The summed E-state index contributed by atoms with van der Waals surface area (Å²) < 4.78 is 30.3. The van der Waals surface area contributed by atoms with E-state index in [9.17, 15) is 13.2 Å². The molecule has 0 saturated heterocycles. The van der Waals surface area contributed by atoms with E-state index in [2.05, 4.69) is 0 Å². The van der Waals surface area contributed by atoms with E-state index < -0.39 is 22.0 Å². The van der Waals surface area contributed by atoms with E-state index >= 15 is 0 Å². The van der Waals surface area contributed by atoms with Crippen LogP contribution in [0.3, 0.4) is 0 Å². The van der Waals surface area contributed by atoms with Gasteiger partial charge in [-0.05, 0) is 38.3 Å². The molecule has 1 aliphatic heterocycles. The van der Waals surface area contributed by atoms with Gasteiger partial charge in [-0.25, -0.2) is 13.1 Å². The molecule has 0 radical (unpaired) electrons. The minimum absolute atomic E-state index is 0.124. The third-order valence-electron chi connectivity index (χ3n) is 3.09. The minimum Gasteiger partial charge on any atom is -0.480 e. The normalized spacial score (nSPS) is 18.3. The highest BCUT2D eigenvalue weighted by atomic mass is 32.2. The summed E-state index contributed by atoms with van der Waals surface area (Å²) in [5.74, 6) is -0.0553. The van der Waals surface area contributed by atoms with Gasteiger partial charge in [0, 0.05) is 0 Å². The number of carbonyl (C=O) groups excluding carboxylic acids is 1. The number of nitrogens with one attached hydrogen (secondary N) is 1. The first-order valence-corrected chi connectivity index (χ1v) is 7.87. The number of hydrogen-bond donors (Lipinski definition) is 1. The van der Waals surface area contributed by atoms with Gasteiger partial charge in [-0.2, -0.15) is 0 Å². The molecule has 19 heavy (non-hydrogen) atoms. The SMILES string of the molecule is CCS(=O)(=O)NC(=O)C1CCc2cc(C)ccc2O1. The number of aryl methyl sites for hydroxylation is 2. The smallest absolute Gasteiger partial charge is 0.274 e. The van der Waals surface area contributed by atoms with Crippen LogP contribution in [-0.4, -0.2) is 26.2 Å². The summed E-state index contributed by atoms with van der Waals surface area (Å²) in [6, 6.07) is 5.74. The molecule has 1 atom stereocenters. The molecule has 1 aromatic rings. The van der Waals surface area contributed by atoms with E-state index in [0.29, 0.717) is 18.6 Å². The maximum atomic E-state index is 11.8. The largest absolute Gasteiger partial charge is 0.480 e. The second kappa shape index (κ2) is 5.21. The number of carbonyl (C=O) groups is 1. The summed E-state index contributed by atoms with van der Waals surface area (Å²) in [5, 5.41) is 0. The fourth-order valence-corrected chi connectivity index (χ4v) is 2.58. The minimum atomic E-state index is -3.53. The predicted molar refractivity (Wildman–Crippen MR) is 71.5 cm³/mol.